The molecule has 84 valence electrons. The number of aromatic hydroxyl groups is 1. The molecule has 0 saturated heterocycles. The van der Waals surface area contributed by atoms with Gasteiger partial charge in [0, 0.05) is 0 Å². The van der Waals surface area contributed by atoms with Gasteiger partial charge in [-0.2, -0.15) is 8.78 Å². The topological polar surface area (TPSA) is 29.5 Å². The lowest BCUT2D eigenvalue weighted by Gasteiger charge is -2.17. The van der Waals surface area contributed by atoms with Crippen LogP contribution in [0.5, 0.6) is 11.5 Å². The number of alkyl halides is 4. The molecule has 0 aliphatic heterocycles. The Hall–Kier alpha value is -1.10. The summed E-state index contributed by atoms with van der Waals surface area (Å²) >= 11 is 4.60. The van der Waals surface area contributed by atoms with E-state index in [9.17, 15) is 13.2 Å². The van der Waals surface area contributed by atoms with E-state index in [1.54, 1.807) is 0 Å². The van der Waals surface area contributed by atoms with Gasteiger partial charge in [-0.1, -0.05) is 11.6 Å². The standard InChI is InChI=1S/C9H8ClF3O2/c1-5-4-6(2-3-7(5)14)15-9(12,13)8(10)11/h2-4,8,14H,1H3. The van der Waals surface area contributed by atoms with Crippen LogP contribution in [0.2, 0.25) is 0 Å². The predicted molar refractivity (Wildman–Crippen MR) is 49.2 cm³/mol. The van der Waals surface area contributed by atoms with Gasteiger partial charge in [-0.25, -0.2) is 4.39 Å². The quantitative estimate of drug-likeness (QED) is 0.822. The number of ether oxygens (including phenoxy) is 1. The fourth-order valence-corrected chi connectivity index (χ4v) is 0.938. The molecule has 0 aliphatic carbocycles. The molecule has 0 saturated carbocycles. The van der Waals surface area contributed by atoms with Crippen LogP contribution >= 0.6 is 11.6 Å². The highest BCUT2D eigenvalue weighted by Crippen LogP contribution is 2.30. The fourth-order valence-electron chi connectivity index (χ4n) is 0.893. The zero-order valence-corrected chi connectivity index (χ0v) is 8.43. The Morgan fingerprint density at radius 1 is 1.47 bits per heavy atom. The van der Waals surface area contributed by atoms with Crippen LogP contribution in [0, 0.1) is 6.92 Å². The van der Waals surface area contributed by atoms with Crippen molar-refractivity contribution < 1.29 is 23.0 Å². The van der Waals surface area contributed by atoms with Gasteiger partial charge in [0.15, 0.2) is 0 Å². The van der Waals surface area contributed by atoms with Crippen LogP contribution in [-0.2, 0) is 0 Å². The van der Waals surface area contributed by atoms with E-state index in [2.05, 4.69) is 16.3 Å². The third-order valence-electron chi connectivity index (χ3n) is 1.68. The van der Waals surface area contributed by atoms with Crippen LogP contribution in [0.25, 0.3) is 0 Å². The summed E-state index contributed by atoms with van der Waals surface area (Å²) in [5, 5.41) is 9.11. The van der Waals surface area contributed by atoms with Crippen LogP contribution in [-0.4, -0.2) is 16.8 Å². The van der Waals surface area contributed by atoms with Crippen molar-refractivity contribution in [2.75, 3.05) is 0 Å². The Labute approximate surface area is 89.2 Å². The largest absolute Gasteiger partial charge is 0.508 e. The molecule has 6 heteroatoms. The van der Waals surface area contributed by atoms with E-state index in [1.807, 2.05) is 0 Å². The molecule has 0 spiro atoms. The summed E-state index contributed by atoms with van der Waals surface area (Å²) in [6.45, 7) is 1.49. The Morgan fingerprint density at radius 3 is 2.53 bits per heavy atom. The first-order chi connectivity index (χ1) is 6.83. The highest BCUT2D eigenvalue weighted by atomic mass is 35.5. The second-order valence-electron chi connectivity index (χ2n) is 2.91. The van der Waals surface area contributed by atoms with E-state index < -0.39 is 11.7 Å². The zero-order chi connectivity index (χ0) is 11.6. The summed E-state index contributed by atoms with van der Waals surface area (Å²) in [6.07, 6.45) is -4.09. The number of hydrogen-bond acceptors (Lipinski definition) is 2. The summed E-state index contributed by atoms with van der Waals surface area (Å²) < 4.78 is 41.6. The van der Waals surface area contributed by atoms with E-state index in [1.165, 1.54) is 13.0 Å². The molecule has 0 aromatic heterocycles. The average molecular weight is 241 g/mol. The molecule has 0 heterocycles. The summed E-state index contributed by atoms with van der Waals surface area (Å²) in [4.78, 5) is 0. The van der Waals surface area contributed by atoms with Crippen molar-refractivity contribution >= 4 is 11.6 Å². The third-order valence-corrected chi connectivity index (χ3v) is 1.93. The van der Waals surface area contributed by atoms with Crippen LogP contribution in [0.4, 0.5) is 13.2 Å². The van der Waals surface area contributed by atoms with Crippen molar-refractivity contribution in [2.24, 2.45) is 0 Å². The van der Waals surface area contributed by atoms with Crippen LogP contribution in [0.3, 0.4) is 0 Å². The average Bonchev–Trinajstić information content (AvgIpc) is 2.10. The smallest absolute Gasteiger partial charge is 0.444 e. The number of phenols is 1. The van der Waals surface area contributed by atoms with Gasteiger partial charge >= 0.3 is 6.11 Å². The Bertz CT molecular complexity index is 355. The number of aryl methyl sites for hydroxylation is 1. The molecule has 1 aromatic carbocycles. The van der Waals surface area contributed by atoms with E-state index in [-0.39, 0.29) is 11.5 Å². The molecule has 1 unspecified atom stereocenters. The van der Waals surface area contributed by atoms with Crippen LogP contribution in [0.15, 0.2) is 18.2 Å². The molecule has 15 heavy (non-hydrogen) atoms. The number of phenolic OH excluding ortho intramolecular Hbond substituents is 1. The maximum atomic E-state index is 12.7. The molecule has 1 N–H and O–H groups in total. The monoisotopic (exact) mass is 240 g/mol. The normalized spacial score (nSPS) is 13.7. The summed E-state index contributed by atoms with van der Waals surface area (Å²) in [5.41, 5.74) is -2.58. The SMILES string of the molecule is Cc1cc(OC(F)(F)C(F)Cl)ccc1O. The molecule has 0 aliphatic rings. The van der Waals surface area contributed by atoms with Crippen molar-refractivity contribution in [2.45, 2.75) is 18.7 Å². The predicted octanol–water partition coefficient (Wildman–Crippen LogP) is 3.21. The maximum absolute atomic E-state index is 12.7. The lowest BCUT2D eigenvalue weighted by atomic mass is 10.2. The molecule has 0 radical (unpaired) electrons. The highest BCUT2D eigenvalue weighted by Gasteiger charge is 2.42. The summed E-state index contributed by atoms with van der Waals surface area (Å²) in [5.74, 6) is -0.327. The lowest BCUT2D eigenvalue weighted by Crippen LogP contribution is -2.32. The molecule has 1 aromatic rings. The maximum Gasteiger partial charge on any atom is 0.444 e. The van der Waals surface area contributed by atoms with Gasteiger partial charge < -0.3 is 9.84 Å². The van der Waals surface area contributed by atoms with Crippen molar-refractivity contribution in [1.82, 2.24) is 0 Å². The second kappa shape index (κ2) is 4.18. The minimum atomic E-state index is -4.09. The lowest BCUT2D eigenvalue weighted by molar-refractivity contribution is -0.199. The Morgan fingerprint density at radius 2 is 2.07 bits per heavy atom. The number of rotatable bonds is 3. The molecular formula is C9H8ClF3O2. The van der Waals surface area contributed by atoms with Crippen molar-refractivity contribution in [1.29, 1.82) is 0 Å². The number of hydrogen-bond donors (Lipinski definition) is 1. The van der Waals surface area contributed by atoms with Crippen LogP contribution < -0.4 is 4.74 Å². The fraction of sp³-hybridized carbons (Fsp3) is 0.333. The van der Waals surface area contributed by atoms with Gasteiger partial charge in [0.1, 0.15) is 11.5 Å². The van der Waals surface area contributed by atoms with Gasteiger partial charge in [-0.15, -0.1) is 0 Å². The molecule has 0 fully saturated rings. The van der Waals surface area contributed by atoms with E-state index >= 15 is 0 Å². The Balaban J connectivity index is 2.86. The van der Waals surface area contributed by atoms with Gasteiger partial charge in [0.25, 0.3) is 5.63 Å². The van der Waals surface area contributed by atoms with E-state index in [0.717, 1.165) is 12.1 Å². The number of halogens is 4. The van der Waals surface area contributed by atoms with Gasteiger partial charge in [-0.05, 0) is 30.7 Å². The Kier molecular flexibility index (Phi) is 3.34. The minimum absolute atomic E-state index is 0.0617. The summed E-state index contributed by atoms with van der Waals surface area (Å²) in [6, 6.07) is 3.42. The van der Waals surface area contributed by atoms with Crippen molar-refractivity contribution in [3.05, 3.63) is 23.8 Å². The van der Waals surface area contributed by atoms with Gasteiger partial charge in [0.05, 0.1) is 0 Å². The van der Waals surface area contributed by atoms with Crippen molar-refractivity contribution in [3.8, 4) is 11.5 Å². The molecule has 1 rings (SSSR count). The van der Waals surface area contributed by atoms with Crippen molar-refractivity contribution in [3.63, 3.8) is 0 Å². The summed E-state index contributed by atoms with van der Waals surface area (Å²) in [7, 11) is 0. The molecule has 2 nitrogen and oxygen atoms in total. The zero-order valence-electron chi connectivity index (χ0n) is 7.68. The molecule has 0 bridgehead atoms. The van der Waals surface area contributed by atoms with Crippen LogP contribution in [0.1, 0.15) is 5.56 Å². The minimum Gasteiger partial charge on any atom is -0.508 e. The number of benzene rings is 1. The molecule has 1 atom stereocenters. The second-order valence-corrected chi connectivity index (χ2v) is 3.30. The van der Waals surface area contributed by atoms with Gasteiger partial charge in [-0.3, -0.25) is 0 Å². The molecular weight excluding hydrogens is 233 g/mol. The first-order valence-corrected chi connectivity index (χ1v) is 4.41. The van der Waals surface area contributed by atoms with E-state index in [4.69, 9.17) is 5.11 Å². The molecule has 0 amide bonds. The van der Waals surface area contributed by atoms with E-state index in [0.29, 0.717) is 5.56 Å². The highest BCUT2D eigenvalue weighted by molar-refractivity contribution is 6.20. The first-order valence-electron chi connectivity index (χ1n) is 3.97. The third kappa shape index (κ3) is 2.92. The van der Waals surface area contributed by atoms with Gasteiger partial charge in [0.2, 0.25) is 0 Å². The first kappa shape index (κ1) is 12.0.